The maximum absolute atomic E-state index is 12.3. The molecule has 0 radical (unpaired) electrons. The second kappa shape index (κ2) is 6.20. The smallest absolute Gasteiger partial charge is 0.252 e. The molecule has 0 fully saturated rings. The predicted octanol–water partition coefficient (Wildman–Crippen LogP) is 3.09. The Morgan fingerprint density at radius 3 is 2.50 bits per heavy atom. The molecule has 104 valence electrons. The van der Waals surface area contributed by atoms with Crippen molar-refractivity contribution in [3.63, 3.8) is 0 Å². The van der Waals surface area contributed by atoms with Crippen molar-refractivity contribution in [1.82, 2.24) is 5.32 Å². The fourth-order valence-electron chi connectivity index (χ4n) is 1.96. The van der Waals surface area contributed by atoms with E-state index in [0.717, 1.165) is 10.0 Å². The normalized spacial score (nSPS) is 13.6. The van der Waals surface area contributed by atoms with Crippen molar-refractivity contribution in [3.05, 3.63) is 70.2 Å². The standard InChI is InChI=1S/C16H16BrNO2/c1-16(11-19,13-7-3-2-4-8-13)18-15(20)12-6-5-9-14(17)10-12/h2-10,19H,11H2,1H3,(H,18,20). The van der Waals surface area contributed by atoms with Crippen molar-refractivity contribution in [2.24, 2.45) is 0 Å². The monoisotopic (exact) mass is 333 g/mol. The van der Waals surface area contributed by atoms with Gasteiger partial charge in [0.25, 0.3) is 5.91 Å². The summed E-state index contributed by atoms with van der Waals surface area (Å²) in [5.41, 5.74) is 0.613. The summed E-state index contributed by atoms with van der Waals surface area (Å²) in [6, 6.07) is 16.6. The van der Waals surface area contributed by atoms with Gasteiger partial charge in [0.15, 0.2) is 0 Å². The van der Waals surface area contributed by atoms with E-state index in [2.05, 4.69) is 21.2 Å². The van der Waals surface area contributed by atoms with Gasteiger partial charge < -0.3 is 10.4 Å². The van der Waals surface area contributed by atoms with Crippen LogP contribution in [-0.4, -0.2) is 17.6 Å². The summed E-state index contributed by atoms with van der Waals surface area (Å²) >= 11 is 3.34. The molecule has 1 amide bonds. The third kappa shape index (κ3) is 3.26. The number of hydrogen-bond acceptors (Lipinski definition) is 2. The molecule has 0 aromatic heterocycles. The average molecular weight is 334 g/mol. The highest BCUT2D eigenvalue weighted by Crippen LogP contribution is 2.21. The van der Waals surface area contributed by atoms with Crippen LogP contribution in [0.25, 0.3) is 0 Å². The zero-order chi connectivity index (χ0) is 14.6. The first kappa shape index (κ1) is 14.8. The number of aliphatic hydroxyl groups is 1. The van der Waals surface area contributed by atoms with E-state index in [1.165, 1.54) is 0 Å². The predicted molar refractivity (Wildman–Crippen MR) is 82.5 cm³/mol. The summed E-state index contributed by atoms with van der Waals surface area (Å²) in [4.78, 5) is 12.3. The molecule has 0 bridgehead atoms. The first-order chi connectivity index (χ1) is 9.55. The summed E-state index contributed by atoms with van der Waals surface area (Å²) in [7, 11) is 0. The number of benzene rings is 2. The number of carbonyl (C=O) groups excluding carboxylic acids is 1. The lowest BCUT2D eigenvalue weighted by atomic mass is 9.92. The molecule has 2 aromatic rings. The third-order valence-corrected chi connectivity index (χ3v) is 3.70. The van der Waals surface area contributed by atoms with Crippen LogP contribution < -0.4 is 5.32 Å². The molecule has 0 saturated heterocycles. The Labute approximate surface area is 126 Å². The molecule has 0 aliphatic carbocycles. The Morgan fingerprint density at radius 2 is 1.90 bits per heavy atom. The van der Waals surface area contributed by atoms with E-state index in [1.807, 2.05) is 36.4 Å². The van der Waals surface area contributed by atoms with Crippen molar-refractivity contribution in [2.45, 2.75) is 12.5 Å². The molecule has 0 aliphatic rings. The molecule has 1 unspecified atom stereocenters. The number of rotatable bonds is 4. The SMILES string of the molecule is CC(CO)(NC(=O)c1cccc(Br)c1)c1ccccc1. The second-order valence-corrected chi connectivity index (χ2v) is 5.74. The van der Waals surface area contributed by atoms with Crippen LogP contribution >= 0.6 is 15.9 Å². The largest absolute Gasteiger partial charge is 0.394 e. The minimum Gasteiger partial charge on any atom is -0.394 e. The number of nitrogens with one attached hydrogen (secondary N) is 1. The molecule has 0 heterocycles. The van der Waals surface area contributed by atoms with Gasteiger partial charge in [0.1, 0.15) is 0 Å². The number of carbonyl (C=O) groups is 1. The number of aliphatic hydroxyl groups excluding tert-OH is 1. The van der Waals surface area contributed by atoms with Gasteiger partial charge in [-0.2, -0.15) is 0 Å². The molecule has 2 aromatic carbocycles. The van der Waals surface area contributed by atoms with E-state index in [9.17, 15) is 9.90 Å². The molecule has 0 spiro atoms. The van der Waals surface area contributed by atoms with Gasteiger partial charge in [0.2, 0.25) is 0 Å². The Morgan fingerprint density at radius 1 is 1.20 bits per heavy atom. The van der Waals surface area contributed by atoms with Crippen molar-refractivity contribution in [1.29, 1.82) is 0 Å². The van der Waals surface area contributed by atoms with Gasteiger partial charge >= 0.3 is 0 Å². The molecule has 3 nitrogen and oxygen atoms in total. The van der Waals surface area contributed by atoms with Gasteiger partial charge in [-0.15, -0.1) is 0 Å². The van der Waals surface area contributed by atoms with Crippen LogP contribution in [0.15, 0.2) is 59.1 Å². The minimum atomic E-state index is -0.805. The Kier molecular flexibility index (Phi) is 4.57. The second-order valence-electron chi connectivity index (χ2n) is 4.82. The average Bonchev–Trinajstić information content (AvgIpc) is 2.48. The highest BCUT2D eigenvalue weighted by molar-refractivity contribution is 9.10. The van der Waals surface area contributed by atoms with Crippen LogP contribution in [-0.2, 0) is 5.54 Å². The third-order valence-electron chi connectivity index (χ3n) is 3.20. The number of amides is 1. The number of hydrogen-bond donors (Lipinski definition) is 2. The Balaban J connectivity index is 2.24. The first-order valence-electron chi connectivity index (χ1n) is 6.29. The van der Waals surface area contributed by atoms with E-state index in [4.69, 9.17) is 0 Å². The van der Waals surface area contributed by atoms with Crippen molar-refractivity contribution < 1.29 is 9.90 Å². The molecule has 2 N–H and O–H groups in total. The van der Waals surface area contributed by atoms with Gasteiger partial charge in [0.05, 0.1) is 12.1 Å². The Bertz CT molecular complexity index is 600. The Hall–Kier alpha value is -1.65. The maximum Gasteiger partial charge on any atom is 0.252 e. The van der Waals surface area contributed by atoms with E-state index < -0.39 is 5.54 Å². The minimum absolute atomic E-state index is 0.170. The fourth-order valence-corrected chi connectivity index (χ4v) is 2.36. The van der Waals surface area contributed by atoms with E-state index in [-0.39, 0.29) is 12.5 Å². The molecule has 20 heavy (non-hydrogen) atoms. The van der Waals surface area contributed by atoms with Gasteiger partial charge in [-0.1, -0.05) is 52.3 Å². The van der Waals surface area contributed by atoms with Crippen LogP contribution in [0.5, 0.6) is 0 Å². The zero-order valence-electron chi connectivity index (χ0n) is 11.1. The summed E-state index contributed by atoms with van der Waals surface area (Å²) in [5.74, 6) is -0.216. The zero-order valence-corrected chi connectivity index (χ0v) is 12.7. The van der Waals surface area contributed by atoms with E-state index in [0.29, 0.717) is 5.56 Å². The van der Waals surface area contributed by atoms with Crippen LogP contribution in [0.1, 0.15) is 22.8 Å². The van der Waals surface area contributed by atoms with Crippen molar-refractivity contribution in [3.8, 4) is 0 Å². The molecule has 1 atom stereocenters. The van der Waals surface area contributed by atoms with Crippen LogP contribution in [0.4, 0.5) is 0 Å². The highest BCUT2D eigenvalue weighted by atomic mass is 79.9. The quantitative estimate of drug-likeness (QED) is 0.903. The first-order valence-corrected chi connectivity index (χ1v) is 7.09. The summed E-state index contributed by atoms with van der Waals surface area (Å²) in [6.07, 6.45) is 0. The van der Waals surface area contributed by atoms with Gasteiger partial charge in [-0.25, -0.2) is 0 Å². The van der Waals surface area contributed by atoms with E-state index in [1.54, 1.807) is 25.1 Å². The number of halogens is 1. The summed E-state index contributed by atoms with van der Waals surface area (Å²) in [5, 5.41) is 12.6. The van der Waals surface area contributed by atoms with Crippen LogP contribution in [0, 0.1) is 0 Å². The van der Waals surface area contributed by atoms with Crippen LogP contribution in [0.3, 0.4) is 0 Å². The van der Waals surface area contributed by atoms with Gasteiger partial charge in [0, 0.05) is 10.0 Å². The van der Waals surface area contributed by atoms with Gasteiger partial charge in [-0.3, -0.25) is 4.79 Å². The lowest BCUT2D eigenvalue weighted by Gasteiger charge is -2.29. The highest BCUT2D eigenvalue weighted by Gasteiger charge is 2.28. The van der Waals surface area contributed by atoms with E-state index >= 15 is 0 Å². The molecule has 0 aliphatic heterocycles. The van der Waals surface area contributed by atoms with Crippen molar-refractivity contribution >= 4 is 21.8 Å². The molecule has 2 rings (SSSR count). The fraction of sp³-hybridized carbons (Fsp3) is 0.188. The van der Waals surface area contributed by atoms with Crippen molar-refractivity contribution in [2.75, 3.05) is 6.61 Å². The molecule has 0 saturated carbocycles. The topological polar surface area (TPSA) is 49.3 Å². The summed E-state index contributed by atoms with van der Waals surface area (Å²) < 4.78 is 0.843. The van der Waals surface area contributed by atoms with Crippen LogP contribution in [0.2, 0.25) is 0 Å². The molecular weight excluding hydrogens is 318 g/mol. The molecule has 4 heteroatoms. The van der Waals surface area contributed by atoms with Gasteiger partial charge in [-0.05, 0) is 30.7 Å². The maximum atomic E-state index is 12.3. The lowest BCUT2D eigenvalue weighted by molar-refractivity contribution is 0.0849. The molecular formula is C16H16BrNO2. The lowest BCUT2D eigenvalue weighted by Crippen LogP contribution is -2.46. The summed E-state index contributed by atoms with van der Waals surface area (Å²) in [6.45, 7) is 1.63.